The number of nitrogens with zero attached hydrogens (tertiary/aromatic N) is 2. The van der Waals surface area contributed by atoms with E-state index in [0.717, 1.165) is 37.1 Å². The van der Waals surface area contributed by atoms with Crippen molar-refractivity contribution in [3.05, 3.63) is 41.5 Å². The summed E-state index contributed by atoms with van der Waals surface area (Å²) in [5, 5.41) is 7.12. The zero-order chi connectivity index (χ0) is 18.2. The Morgan fingerprint density at radius 3 is 2.72 bits per heavy atom. The van der Waals surface area contributed by atoms with Gasteiger partial charge in [0.2, 0.25) is 5.91 Å². The molecule has 2 aromatic rings. The van der Waals surface area contributed by atoms with Crippen molar-refractivity contribution < 1.29 is 9.18 Å². The first-order valence-electron chi connectivity index (χ1n) is 8.71. The van der Waals surface area contributed by atoms with E-state index in [9.17, 15) is 9.18 Å². The number of hydrogen-bond donors (Lipinski definition) is 2. The lowest BCUT2D eigenvalue weighted by atomic mass is 9.74. The van der Waals surface area contributed by atoms with Crippen molar-refractivity contribution in [1.82, 2.24) is 9.78 Å². The monoisotopic (exact) mass is 344 g/mol. The molecule has 3 N–H and O–H groups in total. The number of anilines is 1. The molecule has 1 saturated carbocycles. The molecule has 6 heteroatoms. The fourth-order valence-electron chi connectivity index (χ4n) is 3.65. The standard InChI is InChI=1S/C19H25FN4O/c1-12-10-13(2)24(23-12)17-8-7-14(11-16(17)20)22-18(25)15-6-4-5-9-19(15,3)21/h7-8,10-11,15H,4-6,9,21H2,1-3H3,(H,22,25). The first-order chi connectivity index (χ1) is 11.8. The zero-order valence-electron chi connectivity index (χ0n) is 15.0. The Morgan fingerprint density at radius 2 is 2.12 bits per heavy atom. The quantitative estimate of drug-likeness (QED) is 0.895. The Kier molecular flexibility index (Phi) is 4.64. The van der Waals surface area contributed by atoms with Gasteiger partial charge in [0.1, 0.15) is 5.69 Å². The van der Waals surface area contributed by atoms with Crippen molar-refractivity contribution in [3.63, 3.8) is 0 Å². The van der Waals surface area contributed by atoms with Crippen LogP contribution in [0.4, 0.5) is 10.1 Å². The Balaban J connectivity index is 1.79. The Labute approximate surface area is 147 Å². The second-order valence-corrected chi connectivity index (χ2v) is 7.30. The molecule has 3 rings (SSSR count). The molecule has 0 spiro atoms. The van der Waals surface area contributed by atoms with Gasteiger partial charge in [-0.15, -0.1) is 0 Å². The first kappa shape index (κ1) is 17.6. The maximum absolute atomic E-state index is 14.5. The Hall–Kier alpha value is -2.21. The van der Waals surface area contributed by atoms with Crippen LogP contribution in [0, 0.1) is 25.6 Å². The Morgan fingerprint density at radius 1 is 1.36 bits per heavy atom. The van der Waals surface area contributed by atoms with Crippen LogP contribution in [0.15, 0.2) is 24.3 Å². The van der Waals surface area contributed by atoms with Crippen molar-refractivity contribution in [2.75, 3.05) is 5.32 Å². The lowest BCUT2D eigenvalue weighted by Gasteiger charge is -2.37. The number of carbonyl (C=O) groups excluding carboxylic acids is 1. The second kappa shape index (κ2) is 6.59. The average molecular weight is 344 g/mol. The van der Waals surface area contributed by atoms with Crippen LogP contribution in [0.5, 0.6) is 0 Å². The third-order valence-electron chi connectivity index (χ3n) is 5.02. The van der Waals surface area contributed by atoms with Crippen LogP contribution in [0.3, 0.4) is 0 Å². The molecule has 1 aromatic carbocycles. The van der Waals surface area contributed by atoms with Crippen LogP contribution < -0.4 is 11.1 Å². The van der Waals surface area contributed by atoms with Gasteiger partial charge in [-0.1, -0.05) is 12.8 Å². The fourth-order valence-corrected chi connectivity index (χ4v) is 3.65. The van der Waals surface area contributed by atoms with Gasteiger partial charge in [-0.25, -0.2) is 9.07 Å². The van der Waals surface area contributed by atoms with E-state index in [0.29, 0.717) is 11.4 Å². The largest absolute Gasteiger partial charge is 0.326 e. The highest BCUT2D eigenvalue weighted by Crippen LogP contribution is 2.32. The van der Waals surface area contributed by atoms with Gasteiger partial charge < -0.3 is 11.1 Å². The predicted octanol–water partition coefficient (Wildman–Crippen LogP) is 3.47. The highest BCUT2D eigenvalue weighted by molar-refractivity contribution is 5.93. The third-order valence-corrected chi connectivity index (χ3v) is 5.02. The summed E-state index contributed by atoms with van der Waals surface area (Å²) in [5.74, 6) is -0.814. The van der Waals surface area contributed by atoms with Gasteiger partial charge in [0.25, 0.3) is 0 Å². The van der Waals surface area contributed by atoms with Crippen LogP contribution in [-0.2, 0) is 4.79 Å². The van der Waals surface area contributed by atoms with E-state index in [2.05, 4.69) is 10.4 Å². The average Bonchev–Trinajstić information content (AvgIpc) is 2.85. The predicted molar refractivity (Wildman–Crippen MR) is 96.2 cm³/mol. The lowest BCUT2D eigenvalue weighted by molar-refractivity contribution is -0.122. The SMILES string of the molecule is Cc1cc(C)n(-c2ccc(NC(=O)C3CCCCC3(C)N)cc2F)n1. The highest BCUT2D eigenvalue weighted by Gasteiger charge is 2.37. The van der Waals surface area contributed by atoms with Gasteiger partial charge in [-0.3, -0.25) is 4.79 Å². The zero-order valence-corrected chi connectivity index (χ0v) is 15.0. The normalized spacial score (nSPS) is 23.5. The summed E-state index contributed by atoms with van der Waals surface area (Å²) in [6, 6.07) is 6.55. The van der Waals surface area contributed by atoms with E-state index in [1.54, 1.807) is 16.8 Å². The molecule has 1 aromatic heterocycles. The maximum Gasteiger partial charge on any atom is 0.229 e. The number of benzene rings is 1. The molecule has 25 heavy (non-hydrogen) atoms. The number of nitrogens with two attached hydrogens (primary N) is 1. The van der Waals surface area contributed by atoms with Gasteiger partial charge in [0.15, 0.2) is 5.82 Å². The summed E-state index contributed by atoms with van der Waals surface area (Å²) in [7, 11) is 0. The van der Waals surface area contributed by atoms with E-state index >= 15 is 0 Å². The topological polar surface area (TPSA) is 72.9 Å². The number of carbonyl (C=O) groups is 1. The van der Waals surface area contributed by atoms with Crippen LogP contribution in [0.2, 0.25) is 0 Å². The summed E-state index contributed by atoms with van der Waals surface area (Å²) < 4.78 is 16.1. The molecule has 0 radical (unpaired) electrons. The molecule has 134 valence electrons. The van der Waals surface area contributed by atoms with Crippen LogP contribution in [-0.4, -0.2) is 21.2 Å². The minimum atomic E-state index is -0.509. The van der Waals surface area contributed by atoms with Gasteiger partial charge >= 0.3 is 0 Å². The maximum atomic E-state index is 14.5. The van der Waals surface area contributed by atoms with Crippen molar-refractivity contribution in [1.29, 1.82) is 0 Å². The molecule has 1 heterocycles. The number of halogens is 1. The minimum Gasteiger partial charge on any atom is -0.326 e. The molecule has 1 aliphatic carbocycles. The summed E-state index contributed by atoms with van der Waals surface area (Å²) >= 11 is 0. The number of nitrogens with one attached hydrogen (secondary N) is 1. The van der Waals surface area contributed by atoms with Gasteiger partial charge in [-0.2, -0.15) is 5.10 Å². The second-order valence-electron chi connectivity index (χ2n) is 7.30. The smallest absolute Gasteiger partial charge is 0.229 e. The molecule has 1 amide bonds. The first-order valence-corrected chi connectivity index (χ1v) is 8.71. The van der Waals surface area contributed by atoms with Crippen LogP contribution in [0.1, 0.15) is 44.0 Å². The van der Waals surface area contributed by atoms with E-state index in [4.69, 9.17) is 5.73 Å². The van der Waals surface area contributed by atoms with E-state index in [-0.39, 0.29) is 11.8 Å². The Bertz CT molecular complexity index is 797. The van der Waals surface area contributed by atoms with Crippen LogP contribution in [0.25, 0.3) is 5.69 Å². The molecule has 0 aliphatic heterocycles. The molecule has 2 atom stereocenters. The van der Waals surface area contributed by atoms with E-state index in [1.165, 1.54) is 6.07 Å². The molecule has 2 unspecified atom stereocenters. The van der Waals surface area contributed by atoms with Crippen molar-refractivity contribution in [2.45, 2.75) is 52.0 Å². The number of aromatic nitrogens is 2. The fraction of sp³-hybridized carbons (Fsp3) is 0.474. The van der Waals surface area contributed by atoms with Gasteiger partial charge in [0, 0.05) is 16.9 Å². The van der Waals surface area contributed by atoms with Gasteiger partial charge in [0.05, 0.1) is 11.6 Å². The summed E-state index contributed by atoms with van der Waals surface area (Å²) in [6.45, 7) is 5.66. The van der Waals surface area contributed by atoms with Crippen LogP contribution >= 0.6 is 0 Å². The number of amides is 1. The number of hydrogen-bond acceptors (Lipinski definition) is 3. The number of rotatable bonds is 3. The van der Waals surface area contributed by atoms with Crippen molar-refractivity contribution in [2.24, 2.45) is 11.7 Å². The molecule has 1 fully saturated rings. The lowest BCUT2D eigenvalue weighted by Crippen LogP contribution is -2.51. The third kappa shape index (κ3) is 3.58. The van der Waals surface area contributed by atoms with Crippen molar-refractivity contribution >= 4 is 11.6 Å². The molecule has 1 aliphatic rings. The van der Waals surface area contributed by atoms with Crippen molar-refractivity contribution in [3.8, 4) is 5.69 Å². The molecular weight excluding hydrogens is 319 g/mol. The van der Waals surface area contributed by atoms with E-state index in [1.807, 2.05) is 26.8 Å². The molecule has 0 bridgehead atoms. The summed E-state index contributed by atoms with van der Waals surface area (Å²) in [6.07, 6.45) is 3.64. The molecule has 5 nitrogen and oxygen atoms in total. The molecule has 0 saturated heterocycles. The minimum absolute atomic E-state index is 0.136. The number of aryl methyl sites for hydroxylation is 2. The summed E-state index contributed by atoms with van der Waals surface area (Å²) in [4.78, 5) is 12.6. The molecular formula is C19H25FN4O. The highest BCUT2D eigenvalue weighted by atomic mass is 19.1. The van der Waals surface area contributed by atoms with Gasteiger partial charge in [-0.05, 0) is 57.9 Å². The summed E-state index contributed by atoms with van der Waals surface area (Å²) in [5.41, 5.74) is 8.26. The van der Waals surface area contributed by atoms with E-state index < -0.39 is 11.4 Å².